The van der Waals surface area contributed by atoms with Crippen molar-refractivity contribution in [2.75, 3.05) is 18.9 Å². The predicted octanol–water partition coefficient (Wildman–Crippen LogP) is 6.00. The number of hydrogen-bond acceptors (Lipinski definition) is 4. The maximum Gasteiger partial charge on any atom is 0.305 e. The Morgan fingerprint density at radius 3 is 2.33 bits per heavy atom. The summed E-state index contributed by atoms with van der Waals surface area (Å²) in [6.07, 6.45) is 0.848. The summed E-state index contributed by atoms with van der Waals surface area (Å²) >= 11 is 0. The van der Waals surface area contributed by atoms with Crippen LogP contribution in [0.3, 0.4) is 0 Å². The van der Waals surface area contributed by atoms with Crippen molar-refractivity contribution in [3.63, 3.8) is 0 Å². The highest BCUT2D eigenvalue weighted by molar-refractivity contribution is 5.94. The molecular weight excluding hydrogens is 416 g/mol. The van der Waals surface area contributed by atoms with Crippen molar-refractivity contribution < 1.29 is 19.1 Å². The van der Waals surface area contributed by atoms with Crippen molar-refractivity contribution in [1.82, 2.24) is 4.90 Å². The third kappa shape index (κ3) is 6.48. The number of nitrogens with zero attached hydrogens (tertiary/aromatic N) is 1. The molecule has 2 aromatic carbocycles. The van der Waals surface area contributed by atoms with Gasteiger partial charge in [0.25, 0.3) is 5.91 Å². The van der Waals surface area contributed by atoms with Gasteiger partial charge in [0.2, 0.25) is 0 Å². The van der Waals surface area contributed by atoms with Gasteiger partial charge in [-0.15, -0.1) is 0 Å². The lowest BCUT2D eigenvalue weighted by molar-refractivity contribution is -0.137. The van der Waals surface area contributed by atoms with E-state index >= 15 is 0 Å². The lowest BCUT2D eigenvalue weighted by Gasteiger charge is -2.22. The van der Waals surface area contributed by atoms with Crippen LogP contribution in [0.5, 0.6) is 0 Å². The second-order valence-electron chi connectivity index (χ2n) is 8.76. The van der Waals surface area contributed by atoms with Crippen molar-refractivity contribution >= 4 is 17.6 Å². The highest BCUT2D eigenvalue weighted by atomic mass is 16.4. The molecule has 0 aliphatic carbocycles. The van der Waals surface area contributed by atoms with E-state index in [1.807, 2.05) is 49.4 Å². The Kier molecular flexibility index (Phi) is 7.93. The second kappa shape index (κ2) is 10.9. The number of hydrogen-bond donors (Lipinski definition) is 2. The van der Waals surface area contributed by atoms with Gasteiger partial charge in [-0.1, -0.05) is 44.2 Å². The molecule has 0 saturated heterocycles. The topological polar surface area (TPSA) is 82.8 Å². The number of furan rings is 1. The highest BCUT2D eigenvalue weighted by Crippen LogP contribution is 2.34. The summed E-state index contributed by atoms with van der Waals surface area (Å²) in [5, 5.41) is 12.4. The Hall–Kier alpha value is -3.54. The fraction of sp³-hybridized carbons (Fsp3) is 0.333. The van der Waals surface area contributed by atoms with E-state index < -0.39 is 5.97 Å². The first kappa shape index (κ1) is 24.1. The van der Waals surface area contributed by atoms with Crippen molar-refractivity contribution in [3.8, 4) is 11.3 Å². The zero-order valence-electron chi connectivity index (χ0n) is 19.7. The summed E-state index contributed by atoms with van der Waals surface area (Å²) in [6.45, 7) is 6.55. The van der Waals surface area contributed by atoms with Gasteiger partial charge in [0.1, 0.15) is 11.5 Å². The molecule has 0 fully saturated rings. The van der Waals surface area contributed by atoms with Crippen molar-refractivity contribution in [1.29, 1.82) is 0 Å². The minimum Gasteiger partial charge on any atom is -0.481 e. The van der Waals surface area contributed by atoms with Crippen molar-refractivity contribution in [3.05, 3.63) is 77.6 Å². The second-order valence-corrected chi connectivity index (χ2v) is 8.76. The van der Waals surface area contributed by atoms with Crippen LogP contribution >= 0.6 is 0 Å². The molecule has 0 spiro atoms. The summed E-state index contributed by atoms with van der Waals surface area (Å²) in [5.74, 6) is 1.10. The number of nitrogens with one attached hydrogen (secondary N) is 1. The number of carbonyl (C=O) groups is 2. The van der Waals surface area contributed by atoms with E-state index in [0.29, 0.717) is 11.5 Å². The minimum absolute atomic E-state index is 0.0611. The Morgan fingerprint density at radius 2 is 1.73 bits per heavy atom. The van der Waals surface area contributed by atoms with E-state index in [4.69, 9.17) is 9.52 Å². The quantitative estimate of drug-likeness (QED) is 0.397. The van der Waals surface area contributed by atoms with Gasteiger partial charge >= 0.3 is 5.97 Å². The third-order valence-corrected chi connectivity index (χ3v) is 5.58. The van der Waals surface area contributed by atoms with Crippen LogP contribution < -0.4 is 5.32 Å². The lowest BCUT2D eigenvalue weighted by atomic mass is 9.96. The predicted molar refractivity (Wildman–Crippen MR) is 130 cm³/mol. The smallest absolute Gasteiger partial charge is 0.305 e. The molecule has 1 atom stereocenters. The Bertz CT molecular complexity index is 1070. The first-order chi connectivity index (χ1) is 15.7. The van der Waals surface area contributed by atoms with Crippen molar-refractivity contribution in [2.24, 2.45) is 5.92 Å². The molecule has 1 unspecified atom stereocenters. The number of rotatable bonds is 10. The number of benzene rings is 2. The van der Waals surface area contributed by atoms with Gasteiger partial charge in [-0.3, -0.25) is 9.59 Å². The van der Waals surface area contributed by atoms with Gasteiger partial charge in [0, 0.05) is 36.0 Å². The minimum atomic E-state index is -0.921. The molecule has 33 heavy (non-hydrogen) atoms. The van der Waals surface area contributed by atoms with Crippen LogP contribution in [0.2, 0.25) is 0 Å². The van der Waals surface area contributed by atoms with E-state index in [1.54, 1.807) is 19.2 Å². The molecular formula is C27H32N2O4. The van der Waals surface area contributed by atoms with Gasteiger partial charge in [0.05, 0.1) is 12.5 Å². The molecule has 2 N–H and O–H groups in total. The Morgan fingerprint density at radius 1 is 1.06 bits per heavy atom. The molecule has 0 bridgehead atoms. The van der Waals surface area contributed by atoms with Gasteiger partial charge < -0.3 is 19.7 Å². The average molecular weight is 449 g/mol. The maximum atomic E-state index is 12.5. The zero-order valence-corrected chi connectivity index (χ0v) is 19.7. The van der Waals surface area contributed by atoms with Gasteiger partial charge in [-0.2, -0.15) is 0 Å². The van der Waals surface area contributed by atoms with E-state index in [1.165, 1.54) is 4.90 Å². The number of amides is 1. The molecule has 1 heterocycles. The average Bonchev–Trinajstić information content (AvgIpc) is 3.19. The summed E-state index contributed by atoms with van der Waals surface area (Å²) in [4.78, 5) is 24.7. The first-order valence-electron chi connectivity index (χ1n) is 11.2. The summed E-state index contributed by atoms with van der Waals surface area (Å²) in [7, 11) is 1.61. The number of anilines is 1. The van der Waals surface area contributed by atoms with Crippen LogP contribution in [-0.2, 0) is 4.79 Å². The fourth-order valence-corrected chi connectivity index (χ4v) is 3.82. The molecule has 1 aromatic heterocycles. The molecule has 3 aromatic rings. The number of carboxylic acid groups (broad SMARTS) is 1. The van der Waals surface area contributed by atoms with Gasteiger partial charge in [-0.05, 0) is 49.6 Å². The number of aryl methyl sites for hydroxylation is 1. The fourth-order valence-electron chi connectivity index (χ4n) is 3.82. The molecule has 0 saturated carbocycles. The zero-order chi connectivity index (χ0) is 24.0. The normalized spacial score (nSPS) is 11.9. The van der Waals surface area contributed by atoms with E-state index in [9.17, 15) is 9.59 Å². The Balaban J connectivity index is 1.77. The van der Waals surface area contributed by atoms with Crippen LogP contribution in [0, 0.1) is 12.8 Å². The van der Waals surface area contributed by atoms with Crippen LogP contribution in [-0.4, -0.2) is 35.5 Å². The number of carbonyl (C=O) groups excluding carboxylic acids is 1. The van der Waals surface area contributed by atoms with Crippen LogP contribution in [0.15, 0.2) is 65.1 Å². The molecule has 6 heteroatoms. The van der Waals surface area contributed by atoms with E-state index in [2.05, 4.69) is 25.2 Å². The molecule has 0 aliphatic heterocycles. The molecule has 0 radical (unpaired) electrons. The summed E-state index contributed by atoms with van der Waals surface area (Å²) in [5.41, 5.74) is 3.60. The summed E-state index contributed by atoms with van der Waals surface area (Å²) in [6, 6.07) is 19.5. The molecule has 174 valence electrons. The van der Waals surface area contributed by atoms with Crippen LogP contribution in [0.1, 0.15) is 54.4 Å². The summed E-state index contributed by atoms with van der Waals surface area (Å²) < 4.78 is 6.09. The molecule has 6 nitrogen and oxygen atoms in total. The molecule has 3 rings (SSSR count). The molecule has 1 amide bonds. The highest BCUT2D eigenvalue weighted by Gasteiger charge is 2.20. The van der Waals surface area contributed by atoms with E-state index in [0.717, 1.165) is 34.8 Å². The van der Waals surface area contributed by atoms with Gasteiger partial charge in [-0.25, -0.2) is 0 Å². The maximum absolute atomic E-state index is 12.5. The van der Waals surface area contributed by atoms with Crippen LogP contribution in [0.25, 0.3) is 11.3 Å². The Labute approximate surface area is 195 Å². The lowest BCUT2D eigenvalue weighted by Crippen LogP contribution is -2.29. The number of aliphatic carboxylic acids is 1. The third-order valence-electron chi connectivity index (χ3n) is 5.58. The largest absolute Gasteiger partial charge is 0.481 e. The monoisotopic (exact) mass is 448 g/mol. The number of carboxylic acids is 1. The SMILES string of the molecule is Cc1oc(-c2ccccc2)cc1C(CC(C)C)Nc1ccc(C(=O)N(C)CCC(=O)O)cc1. The molecule has 0 aliphatic rings. The van der Waals surface area contributed by atoms with Crippen molar-refractivity contribution in [2.45, 2.75) is 39.7 Å². The van der Waals surface area contributed by atoms with Gasteiger partial charge in [0.15, 0.2) is 0 Å². The first-order valence-corrected chi connectivity index (χ1v) is 11.2. The van der Waals surface area contributed by atoms with Crippen LogP contribution in [0.4, 0.5) is 5.69 Å². The standard InChI is InChI=1S/C27H32N2O4/c1-18(2)16-24(23-17-25(33-19(23)3)20-8-6-5-7-9-20)28-22-12-10-21(11-13-22)27(32)29(4)15-14-26(30)31/h5-13,17-18,24,28H,14-16H2,1-4H3,(H,30,31). The van der Waals surface area contributed by atoms with E-state index in [-0.39, 0.29) is 24.9 Å².